The molecule has 11 heteroatoms. The van der Waals surface area contributed by atoms with Gasteiger partial charge in [0.1, 0.15) is 5.82 Å². The molecule has 0 bridgehead atoms. The molecule has 180 valence electrons. The summed E-state index contributed by atoms with van der Waals surface area (Å²) in [4.78, 5) is 4.09. The molecule has 1 unspecified atom stereocenters. The number of pyridine rings is 1. The zero-order valence-corrected chi connectivity index (χ0v) is 19.5. The molecular formula is C23H26FN5O4S. The van der Waals surface area contributed by atoms with Crippen LogP contribution < -0.4 is 14.8 Å². The van der Waals surface area contributed by atoms with Gasteiger partial charge in [-0.1, -0.05) is 0 Å². The van der Waals surface area contributed by atoms with E-state index in [2.05, 4.69) is 20.1 Å². The molecular weight excluding hydrogens is 461 g/mol. The van der Waals surface area contributed by atoms with Crippen molar-refractivity contribution in [2.24, 2.45) is 0 Å². The van der Waals surface area contributed by atoms with Crippen LogP contribution in [0, 0.1) is 5.82 Å². The Balaban J connectivity index is 1.44. The Hall–Kier alpha value is -3.02. The summed E-state index contributed by atoms with van der Waals surface area (Å²) in [7, 11) is -2.60. The third-order valence-corrected chi connectivity index (χ3v) is 7.76. The molecule has 1 aromatic carbocycles. The Labute approximate surface area is 197 Å². The third kappa shape index (κ3) is 4.26. The van der Waals surface area contributed by atoms with Crippen molar-refractivity contribution in [2.75, 3.05) is 12.4 Å². The maximum atomic E-state index is 14.9. The fourth-order valence-electron chi connectivity index (χ4n) is 4.50. The van der Waals surface area contributed by atoms with Gasteiger partial charge in [0, 0.05) is 29.7 Å². The van der Waals surface area contributed by atoms with E-state index in [0.29, 0.717) is 41.1 Å². The lowest BCUT2D eigenvalue weighted by atomic mass is 9.93. The van der Waals surface area contributed by atoms with Crippen LogP contribution in [0.25, 0.3) is 11.1 Å². The van der Waals surface area contributed by atoms with Gasteiger partial charge in [0.05, 0.1) is 13.2 Å². The van der Waals surface area contributed by atoms with Crippen LogP contribution in [0.2, 0.25) is 0 Å². The van der Waals surface area contributed by atoms with Crippen molar-refractivity contribution >= 4 is 15.7 Å². The van der Waals surface area contributed by atoms with Crippen molar-refractivity contribution in [3.63, 3.8) is 0 Å². The van der Waals surface area contributed by atoms with Gasteiger partial charge in [-0.15, -0.1) is 0 Å². The maximum Gasteiger partial charge on any atom is 0.263 e. The average molecular weight is 488 g/mol. The predicted molar refractivity (Wildman–Crippen MR) is 123 cm³/mol. The summed E-state index contributed by atoms with van der Waals surface area (Å²) < 4.78 is 49.6. The van der Waals surface area contributed by atoms with Crippen molar-refractivity contribution in [3.05, 3.63) is 53.6 Å². The second kappa shape index (κ2) is 8.97. The van der Waals surface area contributed by atoms with Crippen LogP contribution in [0.4, 0.5) is 10.1 Å². The highest BCUT2D eigenvalue weighted by molar-refractivity contribution is 7.89. The summed E-state index contributed by atoms with van der Waals surface area (Å²) >= 11 is 0. The SMILES string of the molecule is COc1cc(-c2cc(F)c3c(c2NC(O)NS(=O)(=O)c2ccn(C4CCC4)n2)CCC3)ccn1. The molecule has 34 heavy (non-hydrogen) atoms. The number of anilines is 1. The van der Waals surface area contributed by atoms with E-state index in [4.69, 9.17) is 4.74 Å². The van der Waals surface area contributed by atoms with E-state index in [-0.39, 0.29) is 16.9 Å². The van der Waals surface area contributed by atoms with Gasteiger partial charge in [0.25, 0.3) is 10.0 Å². The molecule has 0 spiro atoms. The first kappa shape index (κ1) is 22.8. The first-order valence-electron chi connectivity index (χ1n) is 11.2. The number of aliphatic hydroxyl groups is 1. The number of hydrogen-bond acceptors (Lipinski definition) is 7. The lowest BCUT2D eigenvalue weighted by Crippen LogP contribution is -2.40. The number of nitrogens with one attached hydrogen (secondary N) is 2. The second-order valence-corrected chi connectivity index (χ2v) is 10.2. The summed E-state index contributed by atoms with van der Waals surface area (Å²) in [6.45, 7) is 0. The zero-order chi connectivity index (χ0) is 23.9. The van der Waals surface area contributed by atoms with Crippen LogP contribution in [0.1, 0.15) is 42.9 Å². The summed E-state index contributed by atoms with van der Waals surface area (Å²) in [6, 6.07) is 6.38. The molecule has 2 aliphatic carbocycles. The van der Waals surface area contributed by atoms with Gasteiger partial charge in [0.15, 0.2) is 11.4 Å². The van der Waals surface area contributed by atoms with Crippen LogP contribution >= 0.6 is 0 Å². The molecule has 2 aliphatic rings. The van der Waals surface area contributed by atoms with Crippen LogP contribution in [0.5, 0.6) is 5.88 Å². The molecule has 1 fully saturated rings. The van der Waals surface area contributed by atoms with E-state index in [1.165, 1.54) is 19.2 Å². The minimum atomic E-state index is -4.09. The van der Waals surface area contributed by atoms with Crippen LogP contribution in [-0.2, 0) is 22.9 Å². The highest BCUT2D eigenvalue weighted by Crippen LogP contribution is 2.40. The average Bonchev–Trinajstić information content (AvgIpc) is 3.45. The first-order valence-corrected chi connectivity index (χ1v) is 12.7. The lowest BCUT2D eigenvalue weighted by molar-refractivity contribution is 0.192. The molecule has 0 radical (unpaired) electrons. The number of halogens is 1. The van der Waals surface area contributed by atoms with Gasteiger partial charge >= 0.3 is 0 Å². The Morgan fingerprint density at radius 3 is 2.74 bits per heavy atom. The molecule has 2 heterocycles. The molecule has 0 saturated heterocycles. The maximum absolute atomic E-state index is 14.9. The largest absolute Gasteiger partial charge is 0.481 e. The molecule has 9 nitrogen and oxygen atoms in total. The van der Waals surface area contributed by atoms with E-state index in [9.17, 15) is 17.9 Å². The number of fused-ring (bicyclic) bond motifs is 1. The highest BCUT2D eigenvalue weighted by Gasteiger charge is 2.28. The van der Waals surface area contributed by atoms with Gasteiger partial charge in [-0.3, -0.25) is 4.68 Å². The van der Waals surface area contributed by atoms with Crippen LogP contribution in [-0.4, -0.2) is 41.8 Å². The van der Waals surface area contributed by atoms with Crippen LogP contribution in [0.15, 0.2) is 41.7 Å². The molecule has 1 atom stereocenters. The molecule has 3 N–H and O–H groups in total. The topological polar surface area (TPSA) is 118 Å². The molecule has 2 aromatic heterocycles. The van der Waals surface area contributed by atoms with Gasteiger partial charge in [-0.25, -0.2) is 17.8 Å². The third-order valence-electron chi connectivity index (χ3n) is 6.46. The van der Waals surface area contributed by atoms with E-state index >= 15 is 0 Å². The smallest absolute Gasteiger partial charge is 0.263 e. The summed E-state index contributed by atoms with van der Waals surface area (Å²) in [5, 5.41) is 17.5. The Morgan fingerprint density at radius 1 is 1.21 bits per heavy atom. The van der Waals surface area contributed by atoms with E-state index in [1.54, 1.807) is 29.2 Å². The number of aliphatic hydroxyl groups excluding tert-OH is 1. The van der Waals surface area contributed by atoms with Crippen molar-refractivity contribution in [3.8, 4) is 17.0 Å². The Morgan fingerprint density at radius 2 is 2.00 bits per heavy atom. The molecule has 1 saturated carbocycles. The fourth-order valence-corrected chi connectivity index (χ4v) is 5.42. The van der Waals surface area contributed by atoms with Crippen molar-refractivity contribution in [1.29, 1.82) is 0 Å². The van der Waals surface area contributed by atoms with E-state index < -0.39 is 16.4 Å². The van der Waals surface area contributed by atoms with E-state index in [1.807, 2.05) is 0 Å². The number of ether oxygens (including phenoxy) is 1. The second-order valence-electron chi connectivity index (χ2n) is 8.57. The van der Waals surface area contributed by atoms with Crippen LogP contribution in [0.3, 0.4) is 0 Å². The highest BCUT2D eigenvalue weighted by atomic mass is 32.2. The molecule has 0 aliphatic heterocycles. The normalized spacial score (nSPS) is 16.7. The summed E-state index contributed by atoms with van der Waals surface area (Å²) in [6.07, 6.45) is 6.52. The molecule has 5 rings (SSSR count). The number of methoxy groups -OCH3 is 1. The van der Waals surface area contributed by atoms with E-state index in [0.717, 1.165) is 31.2 Å². The Kier molecular flexibility index (Phi) is 6.00. The predicted octanol–water partition coefficient (Wildman–Crippen LogP) is 2.97. The number of nitrogens with zero attached hydrogens (tertiary/aromatic N) is 3. The number of sulfonamides is 1. The zero-order valence-electron chi connectivity index (χ0n) is 18.7. The summed E-state index contributed by atoms with van der Waals surface area (Å²) in [5.74, 6) is 0.0214. The van der Waals surface area contributed by atoms with Crippen molar-refractivity contribution in [1.82, 2.24) is 19.5 Å². The summed E-state index contributed by atoms with van der Waals surface area (Å²) in [5.41, 5.74) is 2.86. The van der Waals surface area contributed by atoms with Gasteiger partial charge in [-0.2, -0.15) is 9.82 Å². The minimum Gasteiger partial charge on any atom is -0.481 e. The van der Waals surface area contributed by atoms with Crippen molar-refractivity contribution < 1.29 is 22.7 Å². The fraction of sp³-hybridized carbons (Fsp3) is 0.391. The standard InChI is InChI=1S/C23H26FN5O4S/c1-33-20-12-14(8-10-25-20)18-13-19(24)16-6-3-7-17(16)22(18)26-23(30)28-34(31,32)21-9-11-29(27-21)15-4-2-5-15/h8-13,15,23,26,28,30H,2-7H2,1H3. The van der Waals surface area contributed by atoms with Gasteiger partial charge in [0.2, 0.25) is 5.88 Å². The minimum absolute atomic E-state index is 0.163. The molecule has 3 aromatic rings. The van der Waals surface area contributed by atoms with Crippen molar-refractivity contribution in [2.45, 2.75) is 55.9 Å². The monoisotopic (exact) mass is 487 g/mol. The quantitative estimate of drug-likeness (QED) is 0.418. The first-order chi connectivity index (χ1) is 16.4. The number of benzene rings is 1. The Bertz CT molecular complexity index is 1320. The van der Waals surface area contributed by atoms with Gasteiger partial charge < -0.3 is 15.2 Å². The van der Waals surface area contributed by atoms with Gasteiger partial charge in [-0.05, 0) is 73.4 Å². The lowest BCUT2D eigenvalue weighted by Gasteiger charge is -2.25. The number of hydrogen-bond donors (Lipinski definition) is 3. The molecule has 0 amide bonds. The number of rotatable bonds is 8. The number of aromatic nitrogens is 3.